The summed E-state index contributed by atoms with van der Waals surface area (Å²) in [5.41, 5.74) is 0.579. The first kappa shape index (κ1) is 11.9. The maximum atomic E-state index is 11.9. The molecule has 1 aliphatic heterocycles. The van der Waals surface area contributed by atoms with Gasteiger partial charge in [-0.05, 0) is 19.1 Å². The van der Waals surface area contributed by atoms with Crippen LogP contribution < -0.4 is 4.90 Å². The second-order valence-electron chi connectivity index (χ2n) is 4.10. The fourth-order valence-corrected chi connectivity index (χ4v) is 2.39. The van der Waals surface area contributed by atoms with Crippen molar-refractivity contribution in [3.05, 3.63) is 29.3 Å². The number of carbonyl (C=O) groups excluding carboxylic acids is 1. The van der Waals surface area contributed by atoms with Gasteiger partial charge in [0.25, 0.3) is 0 Å². The highest BCUT2D eigenvalue weighted by Crippen LogP contribution is 2.34. The van der Waals surface area contributed by atoms with Crippen molar-refractivity contribution in [1.82, 2.24) is 0 Å². The number of aliphatic carboxylic acids is 1. The van der Waals surface area contributed by atoms with Crippen LogP contribution in [0.2, 0.25) is 5.02 Å². The summed E-state index contributed by atoms with van der Waals surface area (Å²) >= 11 is 6.02. The molecule has 0 aliphatic carbocycles. The molecule has 5 heteroatoms. The molecule has 1 fully saturated rings. The van der Waals surface area contributed by atoms with E-state index < -0.39 is 11.9 Å². The van der Waals surface area contributed by atoms with Crippen LogP contribution >= 0.6 is 11.6 Å². The molecule has 1 aliphatic rings. The third-order valence-corrected chi connectivity index (χ3v) is 3.40. The molecule has 0 bridgehead atoms. The third-order valence-electron chi connectivity index (χ3n) is 3.08. The summed E-state index contributed by atoms with van der Waals surface area (Å²) in [5, 5.41) is 9.48. The van der Waals surface area contributed by atoms with Gasteiger partial charge < -0.3 is 10.0 Å². The Morgan fingerprint density at radius 2 is 2.12 bits per heavy atom. The van der Waals surface area contributed by atoms with Crippen molar-refractivity contribution in [2.75, 3.05) is 4.90 Å². The molecule has 2 rings (SSSR count). The Kier molecular flexibility index (Phi) is 3.07. The molecule has 0 spiro atoms. The minimum Gasteiger partial charge on any atom is -0.481 e. The lowest BCUT2D eigenvalue weighted by atomic mass is 10.0. The quantitative estimate of drug-likeness (QED) is 0.879. The minimum atomic E-state index is -0.944. The molecule has 0 saturated carbocycles. The highest BCUT2D eigenvalue weighted by atomic mass is 35.5. The van der Waals surface area contributed by atoms with E-state index in [9.17, 15) is 9.59 Å². The van der Waals surface area contributed by atoms with Gasteiger partial charge in [0.05, 0.1) is 16.6 Å². The molecule has 0 radical (unpaired) electrons. The summed E-state index contributed by atoms with van der Waals surface area (Å²) in [6, 6.07) is 6.58. The molecule has 1 saturated heterocycles. The number of carboxylic acids is 1. The van der Waals surface area contributed by atoms with Crippen molar-refractivity contribution in [1.29, 1.82) is 0 Å². The Bertz CT molecular complexity index is 475. The zero-order valence-corrected chi connectivity index (χ0v) is 10.0. The van der Waals surface area contributed by atoms with E-state index in [1.54, 1.807) is 31.2 Å². The second-order valence-corrected chi connectivity index (χ2v) is 4.51. The predicted molar refractivity (Wildman–Crippen MR) is 64.1 cm³/mol. The summed E-state index contributed by atoms with van der Waals surface area (Å²) in [5.74, 6) is -1.81. The highest BCUT2D eigenvalue weighted by molar-refractivity contribution is 6.34. The Labute approximate surface area is 104 Å². The molecule has 1 aromatic rings. The first-order valence-corrected chi connectivity index (χ1v) is 5.69. The predicted octanol–water partition coefficient (Wildman–Crippen LogP) is 2.17. The summed E-state index contributed by atoms with van der Waals surface area (Å²) in [6.45, 7) is 1.73. The molecule has 4 nitrogen and oxygen atoms in total. The van der Waals surface area contributed by atoms with Crippen LogP contribution in [0.3, 0.4) is 0 Å². The van der Waals surface area contributed by atoms with Crippen LogP contribution in [0.4, 0.5) is 5.69 Å². The smallest absolute Gasteiger partial charge is 0.309 e. The van der Waals surface area contributed by atoms with Crippen LogP contribution in [0.5, 0.6) is 0 Å². The minimum absolute atomic E-state index is 0.0295. The number of anilines is 1. The van der Waals surface area contributed by atoms with Crippen molar-refractivity contribution in [3.63, 3.8) is 0 Å². The molecular formula is C12H12ClNO3. The molecule has 0 aromatic heterocycles. The van der Waals surface area contributed by atoms with E-state index in [0.29, 0.717) is 10.7 Å². The summed E-state index contributed by atoms with van der Waals surface area (Å²) in [4.78, 5) is 24.3. The standard InChI is InChI=1S/C12H12ClNO3/c1-7-8(12(16)17)6-11(15)14(7)10-5-3-2-4-9(10)13/h2-5,7-8H,6H2,1H3,(H,16,17). The highest BCUT2D eigenvalue weighted by Gasteiger charge is 2.42. The summed E-state index contributed by atoms with van der Waals surface area (Å²) in [7, 11) is 0. The van der Waals surface area contributed by atoms with Crippen LogP contribution in [-0.2, 0) is 9.59 Å². The first-order chi connectivity index (χ1) is 8.02. The number of benzene rings is 1. The van der Waals surface area contributed by atoms with Gasteiger partial charge in [-0.25, -0.2) is 0 Å². The van der Waals surface area contributed by atoms with Crippen molar-refractivity contribution >= 4 is 29.2 Å². The second kappa shape index (κ2) is 4.37. The zero-order valence-electron chi connectivity index (χ0n) is 9.26. The van der Waals surface area contributed by atoms with Crippen LogP contribution in [0.25, 0.3) is 0 Å². The lowest BCUT2D eigenvalue weighted by Gasteiger charge is -2.24. The van der Waals surface area contributed by atoms with E-state index >= 15 is 0 Å². The number of rotatable bonds is 2. The van der Waals surface area contributed by atoms with Gasteiger partial charge in [0.2, 0.25) is 5.91 Å². The van der Waals surface area contributed by atoms with E-state index in [4.69, 9.17) is 16.7 Å². The van der Waals surface area contributed by atoms with Gasteiger partial charge in [0.1, 0.15) is 0 Å². The van der Waals surface area contributed by atoms with E-state index in [2.05, 4.69) is 0 Å². The van der Waals surface area contributed by atoms with Crippen molar-refractivity contribution in [2.45, 2.75) is 19.4 Å². The topological polar surface area (TPSA) is 57.6 Å². The summed E-state index contributed by atoms with van der Waals surface area (Å²) in [6.07, 6.45) is 0.0295. The van der Waals surface area contributed by atoms with Crippen LogP contribution in [-0.4, -0.2) is 23.0 Å². The monoisotopic (exact) mass is 253 g/mol. The average Bonchev–Trinajstić information content (AvgIpc) is 2.56. The molecule has 2 unspecified atom stereocenters. The van der Waals surface area contributed by atoms with E-state index in [-0.39, 0.29) is 18.4 Å². The maximum absolute atomic E-state index is 11.9. The van der Waals surface area contributed by atoms with E-state index in [1.165, 1.54) is 4.90 Å². The van der Waals surface area contributed by atoms with Gasteiger partial charge in [0.15, 0.2) is 0 Å². The SMILES string of the molecule is CC1C(C(=O)O)CC(=O)N1c1ccccc1Cl. The van der Waals surface area contributed by atoms with Crippen molar-refractivity contribution < 1.29 is 14.7 Å². The van der Waals surface area contributed by atoms with Crippen LogP contribution in [0, 0.1) is 5.92 Å². The number of carbonyl (C=O) groups is 2. The third kappa shape index (κ3) is 2.00. The van der Waals surface area contributed by atoms with Gasteiger partial charge in [-0.3, -0.25) is 9.59 Å². The lowest BCUT2D eigenvalue weighted by Crippen LogP contribution is -2.35. The Morgan fingerprint density at radius 1 is 1.47 bits per heavy atom. The average molecular weight is 254 g/mol. The van der Waals surface area contributed by atoms with Gasteiger partial charge in [0, 0.05) is 12.5 Å². The molecule has 1 heterocycles. The molecule has 2 atom stereocenters. The fraction of sp³-hybridized carbons (Fsp3) is 0.333. The fourth-order valence-electron chi connectivity index (χ4n) is 2.16. The Balaban J connectivity index is 2.37. The molecule has 17 heavy (non-hydrogen) atoms. The van der Waals surface area contributed by atoms with E-state index in [0.717, 1.165) is 0 Å². The van der Waals surface area contributed by atoms with Gasteiger partial charge >= 0.3 is 5.97 Å². The van der Waals surface area contributed by atoms with Gasteiger partial charge in [-0.2, -0.15) is 0 Å². The number of nitrogens with zero attached hydrogens (tertiary/aromatic N) is 1. The van der Waals surface area contributed by atoms with E-state index in [1.807, 2.05) is 0 Å². The van der Waals surface area contributed by atoms with Crippen LogP contribution in [0.15, 0.2) is 24.3 Å². The Morgan fingerprint density at radius 3 is 2.65 bits per heavy atom. The lowest BCUT2D eigenvalue weighted by molar-refractivity contribution is -0.142. The number of carboxylic acid groups (broad SMARTS) is 1. The number of hydrogen-bond acceptors (Lipinski definition) is 2. The molecule has 1 aromatic carbocycles. The molecule has 90 valence electrons. The van der Waals surface area contributed by atoms with Crippen molar-refractivity contribution in [3.8, 4) is 0 Å². The number of amides is 1. The number of halogens is 1. The number of para-hydroxylation sites is 1. The Hall–Kier alpha value is -1.55. The van der Waals surface area contributed by atoms with Gasteiger partial charge in [-0.15, -0.1) is 0 Å². The first-order valence-electron chi connectivity index (χ1n) is 5.31. The molecular weight excluding hydrogens is 242 g/mol. The molecule has 1 N–H and O–H groups in total. The zero-order chi connectivity index (χ0) is 12.6. The largest absolute Gasteiger partial charge is 0.481 e. The molecule has 1 amide bonds. The summed E-state index contributed by atoms with van der Waals surface area (Å²) < 4.78 is 0. The van der Waals surface area contributed by atoms with Crippen molar-refractivity contribution in [2.24, 2.45) is 5.92 Å². The normalized spacial score (nSPS) is 24.1. The maximum Gasteiger partial charge on any atom is 0.309 e. The number of hydrogen-bond donors (Lipinski definition) is 1. The van der Waals surface area contributed by atoms with Gasteiger partial charge in [-0.1, -0.05) is 23.7 Å². The van der Waals surface area contributed by atoms with Crippen LogP contribution in [0.1, 0.15) is 13.3 Å².